The van der Waals surface area contributed by atoms with Crippen LogP contribution in [0.4, 0.5) is 5.69 Å². The second-order valence-electron chi connectivity index (χ2n) is 9.64. The van der Waals surface area contributed by atoms with Crippen molar-refractivity contribution in [1.29, 1.82) is 0 Å². The zero-order valence-electron chi connectivity index (χ0n) is 21.5. The minimum atomic E-state index is -0.0678. The van der Waals surface area contributed by atoms with E-state index in [4.69, 9.17) is 4.42 Å². The van der Waals surface area contributed by atoms with Crippen LogP contribution in [0.25, 0.3) is 22.9 Å². The quantitative estimate of drug-likeness (QED) is 0.348. The summed E-state index contributed by atoms with van der Waals surface area (Å²) in [6.07, 6.45) is 0.929. The van der Waals surface area contributed by atoms with Crippen LogP contribution in [0.15, 0.2) is 77.2 Å². The van der Waals surface area contributed by atoms with Gasteiger partial charge in [-0.1, -0.05) is 29.8 Å². The first-order valence-electron chi connectivity index (χ1n) is 12.9. The average molecular weight is 496 g/mol. The first kappa shape index (κ1) is 24.7. The van der Waals surface area contributed by atoms with E-state index >= 15 is 0 Å². The highest BCUT2D eigenvalue weighted by atomic mass is 16.4. The molecule has 0 unspecified atom stereocenters. The van der Waals surface area contributed by atoms with Crippen molar-refractivity contribution in [3.8, 4) is 22.9 Å². The monoisotopic (exact) mass is 495 g/mol. The molecule has 1 aliphatic heterocycles. The predicted molar refractivity (Wildman–Crippen MR) is 147 cm³/mol. The van der Waals surface area contributed by atoms with E-state index in [2.05, 4.69) is 56.5 Å². The number of hydrogen-bond donors (Lipinski definition) is 1. The SMILES string of the molecule is Cc1cccc(-c2nnc(-c3ccc(C(=O)NCCCN4CCN(c5cccc(C)c5)CC4)cc3)o2)c1. The fourth-order valence-electron chi connectivity index (χ4n) is 4.66. The molecule has 3 aromatic carbocycles. The highest BCUT2D eigenvalue weighted by molar-refractivity contribution is 5.94. The normalized spacial score (nSPS) is 14.1. The Morgan fingerprint density at radius 2 is 1.51 bits per heavy atom. The third-order valence-electron chi connectivity index (χ3n) is 6.76. The molecule has 1 amide bonds. The largest absolute Gasteiger partial charge is 0.416 e. The Hall–Kier alpha value is -3.97. The van der Waals surface area contributed by atoms with Crippen molar-refractivity contribution < 1.29 is 9.21 Å². The number of carbonyl (C=O) groups is 1. The molecule has 4 aromatic rings. The maximum atomic E-state index is 12.6. The average Bonchev–Trinajstić information content (AvgIpc) is 3.42. The molecule has 37 heavy (non-hydrogen) atoms. The number of amides is 1. The molecule has 5 rings (SSSR count). The van der Waals surface area contributed by atoms with Crippen molar-refractivity contribution in [2.24, 2.45) is 0 Å². The molecule has 0 spiro atoms. The van der Waals surface area contributed by atoms with Gasteiger partial charge in [0.2, 0.25) is 11.8 Å². The van der Waals surface area contributed by atoms with Crippen LogP contribution in [-0.4, -0.2) is 60.3 Å². The molecule has 0 radical (unpaired) electrons. The predicted octanol–water partition coefficient (Wildman–Crippen LogP) is 4.96. The van der Waals surface area contributed by atoms with Gasteiger partial charge in [-0.3, -0.25) is 9.69 Å². The van der Waals surface area contributed by atoms with E-state index in [1.807, 2.05) is 43.3 Å². The minimum Gasteiger partial charge on any atom is -0.416 e. The van der Waals surface area contributed by atoms with E-state index in [0.717, 1.165) is 55.8 Å². The maximum absolute atomic E-state index is 12.6. The first-order chi connectivity index (χ1) is 18.0. The molecular formula is C30H33N5O2. The molecule has 190 valence electrons. The lowest BCUT2D eigenvalue weighted by molar-refractivity contribution is 0.0951. The summed E-state index contributed by atoms with van der Waals surface area (Å²) in [6, 6.07) is 23.9. The van der Waals surface area contributed by atoms with Crippen LogP contribution in [0.1, 0.15) is 27.9 Å². The van der Waals surface area contributed by atoms with E-state index in [9.17, 15) is 4.79 Å². The molecule has 1 fully saturated rings. The number of benzene rings is 3. The van der Waals surface area contributed by atoms with Crippen molar-refractivity contribution in [1.82, 2.24) is 20.4 Å². The zero-order valence-corrected chi connectivity index (χ0v) is 21.5. The van der Waals surface area contributed by atoms with Crippen LogP contribution in [0, 0.1) is 13.8 Å². The highest BCUT2D eigenvalue weighted by Gasteiger charge is 2.17. The van der Waals surface area contributed by atoms with Gasteiger partial charge in [0.1, 0.15) is 0 Å². The summed E-state index contributed by atoms with van der Waals surface area (Å²) in [5.74, 6) is 0.852. The van der Waals surface area contributed by atoms with Gasteiger partial charge >= 0.3 is 0 Å². The number of rotatable bonds is 8. The number of carbonyl (C=O) groups excluding carboxylic acids is 1. The molecule has 1 N–H and O–H groups in total. The minimum absolute atomic E-state index is 0.0678. The van der Waals surface area contributed by atoms with Crippen LogP contribution in [0.5, 0.6) is 0 Å². The molecule has 1 aliphatic rings. The Morgan fingerprint density at radius 1 is 0.838 bits per heavy atom. The fourth-order valence-corrected chi connectivity index (χ4v) is 4.66. The molecule has 0 saturated carbocycles. The van der Waals surface area contributed by atoms with Gasteiger partial charge in [0.15, 0.2) is 0 Å². The summed E-state index contributed by atoms with van der Waals surface area (Å²) in [5.41, 5.74) is 6.04. The topological polar surface area (TPSA) is 74.5 Å². The number of nitrogens with zero attached hydrogens (tertiary/aromatic N) is 4. The van der Waals surface area contributed by atoms with Crippen LogP contribution in [0.3, 0.4) is 0 Å². The fraction of sp³-hybridized carbons (Fsp3) is 0.300. The van der Waals surface area contributed by atoms with Gasteiger partial charge in [0.05, 0.1) is 0 Å². The molecule has 2 heterocycles. The van der Waals surface area contributed by atoms with Gasteiger partial charge in [-0.15, -0.1) is 10.2 Å². The molecule has 7 nitrogen and oxygen atoms in total. The van der Waals surface area contributed by atoms with Crippen LogP contribution < -0.4 is 10.2 Å². The van der Waals surface area contributed by atoms with Gasteiger partial charge < -0.3 is 14.6 Å². The maximum Gasteiger partial charge on any atom is 0.251 e. The van der Waals surface area contributed by atoms with Crippen molar-refractivity contribution in [3.05, 3.63) is 89.5 Å². The van der Waals surface area contributed by atoms with Gasteiger partial charge in [-0.05, 0) is 80.9 Å². The van der Waals surface area contributed by atoms with Crippen LogP contribution in [-0.2, 0) is 0 Å². The molecule has 0 aliphatic carbocycles. The van der Waals surface area contributed by atoms with Gasteiger partial charge in [0.25, 0.3) is 5.91 Å². The summed E-state index contributed by atoms with van der Waals surface area (Å²) in [4.78, 5) is 17.5. The van der Waals surface area contributed by atoms with Gasteiger partial charge in [-0.2, -0.15) is 0 Å². The van der Waals surface area contributed by atoms with Crippen molar-refractivity contribution in [3.63, 3.8) is 0 Å². The Kier molecular flexibility index (Phi) is 7.61. The smallest absolute Gasteiger partial charge is 0.251 e. The van der Waals surface area contributed by atoms with E-state index in [0.29, 0.717) is 23.9 Å². The lowest BCUT2D eigenvalue weighted by Gasteiger charge is -2.36. The molecule has 1 saturated heterocycles. The number of piperazine rings is 1. The number of anilines is 1. The number of aromatic nitrogens is 2. The van der Waals surface area contributed by atoms with E-state index in [1.165, 1.54) is 11.3 Å². The number of aryl methyl sites for hydroxylation is 2. The lowest BCUT2D eigenvalue weighted by Crippen LogP contribution is -2.47. The van der Waals surface area contributed by atoms with Gasteiger partial charge in [-0.25, -0.2) is 0 Å². The Bertz CT molecular complexity index is 1340. The van der Waals surface area contributed by atoms with Crippen molar-refractivity contribution >= 4 is 11.6 Å². The first-order valence-corrected chi connectivity index (χ1v) is 12.9. The van der Waals surface area contributed by atoms with Crippen LogP contribution >= 0.6 is 0 Å². The second kappa shape index (κ2) is 11.4. The third-order valence-corrected chi connectivity index (χ3v) is 6.76. The Labute approximate surface area is 218 Å². The Morgan fingerprint density at radius 3 is 2.22 bits per heavy atom. The summed E-state index contributed by atoms with van der Waals surface area (Å²) >= 11 is 0. The number of hydrogen-bond acceptors (Lipinski definition) is 6. The van der Waals surface area contributed by atoms with Crippen LogP contribution in [0.2, 0.25) is 0 Å². The molecule has 7 heteroatoms. The van der Waals surface area contributed by atoms with E-state index < -0.39 is 0 Å². The van der Waals surface area contributed by atoms with Crippen molar-refractivity contribution in [2.45, 2.75) is 20.3 Å². The van der Waals surface area contributed by atoms with Crippen molar-refractivity contribution in [2.75, 3.05) is 44.2 Å². The zero-order chi connectivity index (χ0) is 25.6. The molecular weight excluding hydrogens is 462 g/mol. The second-order valence-corrected chi connectivity index (χ2v) is 9.64. The lowest BCUT2D eigenvalue weighted by atomic mass is 10.1. The molecule has 1 aromatic heterocycles. The summed E-state index contributed by atoms with van der Waals surface area (Å²) in [5, 5.41) is 11.4. The van der Waals surface area contributed by atoms with Gasteiger partial charge in [0, 0.05) is 55.1 Å². The summed E-state index contributed by atoms with van der Waals surface area (Å²) in [7, 11) is 0. The summed E-state index contributed by atoms with van der Waals surface area (Å²) < 4.78 is 5.85. The Balaban J connectivity index is 1.06. The van der Waals surface area contributed by atoms with E-state index in [1.54, 1.807) is 12.1 Å². The van der Waals surface area contributed by atoms with E-state index in [-0.39, 0.29) is 5.91 Å². The third kappa shape index (κ3) is 6.24. The highest BCUT2D eigenvalue weighted by Crippen LogP contribution is 2.24. The number of nitrogens with one attached hydrogen (secondary N) is 1. The molecule has 0 atom stereocenters. The standard InChI is InChI=1S/C30H33N5O2/c1-22-6-3-8-26(20-22)30-33-32-29(37-30)25-12-10-24(11-13-25)28(36)31-14-5-15-34-16-18-35(19-17-34)27-9-4-7-23(2)21-27/h3-4,6-13,20-21H,5,14-19H2,1-2H3,(H,31,36). The summed E-state index contributed by atoms with van der Waals surface area (Å²) in [6.45, 7) is 9.97. The molecule has 0 bridgehead atoms.